The number of benzene rings is 3. The molecule has 0 aliphatic carbocycles. The van der Waals surface area contributed by atoms with Crippen molar-refractivity contribution in [1.82, 2.24) is 14.9 Å². The number of hydroxylamine groups is 1. The second-order valence-corrected chi connectivity index (χ2v) is 11.1. The standard InChI is InChI=1S/C34H37F2N7O3/c1-6-34(44)40-27-18-28(31(45-5)19-30(27)42(4)14-13-41(2)3)39-32-20-33(38-21-37-32)43-29(12-15-46-43)23-10-11-26(36)25(17-23)22-8-7-9-24(35)16-22/h6-11,16-21,29H,1,12-15H2,2-5H3,(H,40,44)(H,37,38,39)/t29-/m1/s1. The molecule has 1 aliphatic rings. The molecule has 46 heavy (non-hydrogen) atoms. The minimum absolute atomic E-state index is 0.275. The Morgan fingerprint density at radius 3 is 2.65 bits per heavy atom. The van der Waals surface area contributed by atoms with Crippen LogP contribution in [0.3, 0.4) is 0 Å². The fourth-order valence-corrected chi connectivity index (χ4v) is 5.20. The van der Waals surface area contributed by atoms with Crippen molar-refractivity contribution in [2.24, 2.45) is 0 Å². The molecular weight excluding hydrogens is 592 g/mol. The third-order valence-corrected chi connectivity index (χ3v) is 7.61. The number of amides is 1. The van der Waals surface area contributed by atoms with Crippen molar-refractivity contribution in [1.29, 1.82) is 0 Å². The molecule has 1 aliphatic heterocycles. The zero-order chi connectivity index (χ0) is 32.8. The molecule has 2 N–H and O–H groups in total. The van der Waals surface area contributed by atoms with Gasteiger partial charge in [0.25, 0.3) is 0 Å². The van der Waals surface area contributed by atoms with Crippen molar-refractivity contribution in [3.8, 4) is 16.9 Å². The lowest BCUT2D eigenvalue weighted by Crippen LogP contribution is -2.29. The van der Waals surface area contributed by atoms with Crippen molar-refractivity contribution < 1.29 is 23.1 Å². The highest BCUT2D eigenvalue weighted by atomic mass is 19.1. The van der Waals surface area contributed by atoms with Crippen molar-refractivity contribution in [2.45, 2.75) is 12.5 Å². The van der Waals surface area contributed by atoms with Crippen LogP contribution in [0.25, 0.3) is 11.1 Å². The van der Waals surface area contributed by atoms with Gasteiger partial charge in [-0.2, -0.15) is 0 Å². The van der Waals surface area contributed by atoms with E-state index in [0.29, 0.717) is 59.5 Å². The molecule has 12 heteroatoms. The first-order valence-corrected chi connectivity index (χ1v) is 14.7. The summed E-state index contributed by atoms with van der Waals surface area (Å²) in [6.45, 7) is 5.52. The average Bonchev–Trinajstić information content (AvgIpc) is 3.54. The predicted molar refractivity (Wildman–Crippen MR) is 177 cm³/mol. The molecule has 1 saturated heterocycles. The first-order chi connectivity index (χ1) is 22.2. The van der Waals surface area contributed by atoms with E-state index in [2.05, 4.69) is 32.1 Å². The Morgan fingerprint density at radius 2 is 1.91 bits per heavy atom. The second kappa shape index (κ2) is 14.4. The number of aromatic nitrogens is 2. The van der Waals surface area contributed by atoms with Crippen LogP contribution in [-0.2, 0) is 9.63 Å². The molecular formula is C34H37F2N7O3. The highest BCUT2D eigenvalue weighted by Crippen LogP contribution is 2.40. The van der Waals surface area contributed by atoms with Crippen LogP contribution in [-0.4, -0.2) is 68.7 Å². The van der Waals surface area contributed by atoms with Gasteiger partial charge in [0, 0.05) is 44.3 Å². The topological polar surface area (TPSA) is 95.1 Å². The van der Waals surface area contributed by atoms with E-state index >= 15 is 0 Å². The quantitative estimate of drug-likeness (QED) is 0.178. The summed E-state index contributed by atoms with van der Waals surface area (Å²) in [6, 6.07) is 15.8. The van der Waals surface area contributed by atoms with E-state index in [9.17, 15) is 13.6 Å². The van der Waals surface area contributed by atoms with Gasteiger partial charge >= 0.3 is 0 Å². The van der Waals surface area contributed by atoms with Crippen LogP contribution in [0.15, 0.2) is 79.6 Å². The number of nitrogens with zero attached hydrogens (tertiary/aromatic N) is 5. The molecule has 0 bridgehead atoms. The average molecular weight is 630 g/mol. The van der Waals surface area contributed by atoms with E-state index in [1.165, 1.54) is 30.6 Å². The van der Waals surface area contributed by atoms with E-state index < -0.39 is 11.6 Å². The molecule has 1 amide bonds. The third-order valence-electron chi connectivity index (χ3n) is 7.61. The van der Waals surface area contributed by atoms with Crippen molar-refractivity contribution in [2.75, 3.05) is 68.5 Å². The van der Waals surface area contributed by atoms with Crippen molar-refractivity contribution in [3.05, 3.63) is 96.8 Å². The number of carbonyl (C=O) groups excluding carboxylic acids is 1. The lowest BCUT2D eigenvalue weighted by atomic mass is 9.97. The maximum absolute atomic E-state index is 14.8. The smallest absolute Gasteiger partial charge is 0.247 e. The summed E-state index contributed by atoms with van der Waals surface area (Å²) in [5.74, 6) is 0.242. The zero-order valence-electron chi connectivity index (χ0n) is 26.3. The van der Waals surface area contributed by atoms with Gasteiger partial charge in [-0.15, -0.1) is 0 Å². The van der Waals surface area contributed by atoms with Crippen LogP contribution in [0.2, 0.25) is 0 Å². The highest BCUT2D eigenvalue weighted by Gasteiger charge is 2.30. The number of likely N-dealkylation sites (N-methyl/N-ethyl adjacent to an activating group) is 2. The largest absolute Gasteiger partial charge is 0.494 e. The minimum Gasteiger partial charge on any atom is -0.494 e. The summed E-state index contributed by atoms with van der Waals surface area (Å²) < 4.78 is 34.5. The number of hydrogen-bond acceptors (Lipinski definition) is 9. The van der Waals surface area contributed by atoms with Gasteiger partial charge in [0.15, 0.2) is 5.82 Å². The summed E-state index contributed by atoms with van der Waals surface area (Å²) in [5.41, 5.74) is 3.45. The van der Waals surface area contributed by atoms with Crippen LogP contribution in [0.1, 0.15) is 18.0 Å². The summed E-state index contributed by atoms with van der Waals surface area (Å²) in [6.07, 6.45) is 3.26. The second-order valence-electron chi connectivity index (χ2n) is 11.1. The fourth-order valence-electron chi connectivity index (χ4n) is 5.20. The van der Waals surface area contributed by atoms with Gasteiger partial charge in [0.05, 0.1) is 36.8 Å². The van der Waals surface area contributed by atoms with Gasteiger partial charge in [-0.25, -0.2) is 23.8 Å². The molecule has 1 atom stereocenters. The molecule has 1 fully saturated rings. The molecule has 0 spiro atoms. The molecule has 5 rings (SSSR count). The Labute approximate surface area is 267 Å². The normalized spacial score (nSPS) is 14.3. The minimum atomic E-state index is -0.444. The monoisotopic (exact) mass is 629 g/mol. The number of anilines is 5. The summed E-state index contributed by atoms with van der Waals surface area (Å²) >= 11 is 0. The molecule has 10 nitrogen and oxygen atoms in total. The Bertz CT molecular complexity index is 1720. The number of halogens is 2. The van der Waals surface area contributed by atoms with Crippen LogP contribution < -0.4 is 25.3 Å². The number of rotatable bonds is 12. The van der Waals surface area contributed by atoms with Gasteiger partial charge in [-0.05, 0) is 61.6 Å². The maximum Gasteiger partial charge on any atom is 0.247 e. The van der Waals surface area contributed by atoms with Crippen LogP contribution >= 0.6 is 0 Å². The van der Waals surface area contributed by atoms with Gasteiger partial charge in [0.1, 0.15) is 29.5 Å². The number of carbonyl (C=O) groups is 1. The summed E-state index contributed by atoms with van der Waals surface area (Å²) in [4.78, 5) is 31.3. The van der Waals surface area contributed by atoms with Crippen LogP contribution in [0.4, 0.5) is 37.5 Å². The van der Waals surface area contributed by atoms with Crippen molar-refractivity contribution in [3.63, 3.8) is 0 Å². The first kappa shape index (κ1) is 32.3. The lowest BCUT2D eigenvalue weighted by molar-refractivity contribution is -0.111. The lowest BCUT2D eigenvalue weighted by Gasteiger charge is -2.26. The molecule has 3 aromatic carbocycles. The Balaban J connectivity index is 1.43. The van der Waals surface area contributed by atoms with Crippen molar-refractivity contribution >= 4 is 34.6 Å². The Hall–Kier alpha value is -5.07. The van der Waals surface area contributed by atoms with E-state index in [-0.39, 0.29) is 11.9 Å². The van der Waals surface area contributed by atoms with Gasteiger partial charge in [-0.3, -0.25) is 9.63 Å². The van der Waals surface area contributed by atoms with E-state index in [1.807, 2.05) is 32.1 Å². The van der Waals surface area contributed by atoms with E-state index in [1.54, 1.807) is 48.6 Å². The van der Waals surface area contributed by atoms with Crippen LogP contribution in [0.5, 0.6) is 5.75 Å². The maximum atomic E-state index is 14.8. The number of nitrogens with one attached hydrogen (secondary N) is 2. The van der Waals surface area contributed by atoms with Gasteiger partial charge in [0.2, 0.25) is 5.91 Å². The molecule has 2 heterocycles. The van der Waals surface area contributed by atoms with Gasteiger partial charge in [-0.1, -0.05) is 24.8 Å². The summed E-state index contributed by atoms with van der Waals surface area (Å²) in [5, 5.41) is 7.85. The van der Waals surface area contributed by atoms with E-state index in [0.717, 1.165) is 17.8 Å². The van der Waals surface area contributed by atoms with E-state index in [4.69, 9.17) is 9.57 Å². The summed E-state index contributed by atoms with van der Waals surface area (Å²) in [7, 11) is 7.51. The molecule has 4 aromatic rings. The zero-order valence-corrected chi connectivity index (χ0v) is 26.3. The SMILES string of the molecule is C=CC(=O)Nc1cc(Nc2cc(N3OCC[C@@H]3c3ccc(F)c(-c4cccc(F)c4)c3)ncn2)c(OC)cc1N(C)CCN(C)C. The molecule has 0 saturated carbocycles. The predicted octanol–water partition coefficient (Wildman–Crippen LogP) is 6.18. The Morgan fingerprint density at radius 1 is 1.09 bits per heavy atom. The third kappa shape index (κ3) is 7.41. The van der Waals surface area contributed by atoms with Crippen LogP contribution in [0, 0.1) is 11.6 Å². The molecule has 0 unspecified atom stereocenters. The Kier molecular flexibility index (Phi) is 10.1. The molecule has 240 valence electrons. The molecule has 0 radical (unpaired) electrons. The number of methoxy groups -OCH3 is 1. The van der Waals surface area contributed by atoms with Gasteiger partial charge < -0.3 is 25.2 Å². The number of hydrogen-bond donors (Lipinski definition) is 2. The highest BCUT2D eigenvalue weighted by molar-refractivity contribution is 6.02. The first-order valence-electron chi connectivity index (χ1n) is 14.7. The number of ether oxygens (including phenoxy) is 1. The molecule has 1 aromatic heterocycles. The fraction of sp³-hybridized carbons (Fsp3) is 0.265.